The van der Waals surface area contributed by atoms with Crippen LogP contribution in [0.2, 0.25) is 0 Å². The topological polar surface area (TPSA) is 97.4 Å². The molecule has 8 heteroatoms. The number of hydrogen-bond donors (Lipinski definition) is 2. The number of nitrogens with one attached hydrogen (secondary N) is 2. The second-order valence-electron chi connectivity index (χ2n) is 5.11. The van der Waals surface area contributed by atoms with Gasteiger partial charge in [0.2, 0.25) is 0 Å². The van der Waals surface area contributed by atoms with Crippen molar-refractivity contribution in [3.63, 3.8) is 0 Å². The van der Waals surface area contributed by atoms with Gasteiger partial charge in [0, 0.05) is 11.8 Å². The van der Waals surface area contributed by atoms with Gasteiger partial charge in [0.05, 0.1) is 11.0 Å². The largest absolute Gasteiger partial charge is 0.433 e. The van der Waals surface area contributed by atoms with Crippen molar-refractivity contribution in [1.82, 2.24) is 5.32 Å². The van der Waals surface area contributed by atoms with Crippen molar-refractivity contribution in [3.05, 3.63) is 62.7 Å². The number of rotatable bonds is 5. The first-order chi connectivity index (χ1) is 11.5. The molecule has 1 saturated heterocycles. The van der Waals surface area contributed by atoms with Gasteiger partial charge < -0.3 is 15.1 Å². The summed E-state index contributed by atoms with van der Waals surface area (Å²) in [7, 11) is 0. The summed E-state index contributed by atoms with van der Waals surface area (Å²) in [4.78, 5) is 22.4. The molecule has 1 aromatic heterocycles. The van der Waals surface area contributed by atoms with Crippen LogP contribution in [0.1, 0.15) is 18.2 Å². The van der Waals surface area contributed by atoms with Crippen LogP contribution in [0.15, 0.2) is 45.7 Å². The lowest BCUT2D eigenvalue weighted by atomic mass is 10.1. The van der Waals surface area contributed by atoms with E-state index < -0.39 is 4.92 Å². The fourth-order valence-electron chi connectivity index (χ4n) is 2.20. The molecule has 24 heavy (non-hydrogen) atoms. The van der Waals surface area contributed by atoms with Crippen molar-refractivity contribution in [3.8, 4) is 0 Å². The summed E-state index contributed by atoms with van der Waals surface area (Å²) in [5.41, 5.74) is 1.84. The van der Waals surface area contributed by atoms with Gasteiger partial charge in [-0.2, -0.15) is 0 Å². The molecule has 2 N–H and O–H groups in total. The number of furan rings is 1. The van der Waals surface area contributed by atoms with Gasteiger partial charge in [0.1, 0.15) is 10.7 Å². The van der Waals surface area contributed by atoms with Crippen molar-refractivity contribution in [2.45, 2.75) is 18.8 Å². The number of anilines is 1. The maximum atomic E-state index is 12.0. The molecule has 0 aliphatic carbocycles. The Hall–Kier alpha value is -2.74. The number of nitro groups is 1. The molecule has 1 aromatic carbocycles. The van der Waals surface area contributed by atoms with Crippen LogP contribution in [0.4, 0.5) is 11.6 Å². The molecule has 7 nitrogen and oxygen atoms in total. The van der Waals surface area contributed by atoms with Crippen LogP contribution in [0.25, 0.3) is 6.08 Å². The Morgan fingerprint density at radius 3 is 2.71 bits per heavy atom. The minimum Gasteiger partial charge on any atom is -0.401 e. The number of aryl methyl sites for hydroxylation is 1. The SMILES string of the molecule is CCc1ccc(N[C@@H]2NC(=O)/C(=C/c3ccc([N+](=O)[O-])o3)S2)cc1. The molecule has 0 unspecified atom stereocenters. The molecule has 1 amide bonds. The third-order valence-corrected chi connectivity index (χ3v) is 4.49. The van der Waals surface area contributed by atoms with Gasteiger partial charge >= 0.3 is 5.88 Å². The Balaban J connectivity index is 1.68. The smallest absolute Gasteiger partial charge is 0.401 e. The molecule has 1 aliphatic rings. The summed E-state index contributed by atoms with van der Waals surface area (Å²) in [6.45, 7) is 2.09. The predicted octanol–water partition coefficient (Wildman–Crippen LogP) is 3.35. The van der Waals surface area contributed by atoms with Crippen LogP contribution >= 0.6 is 11.8 Å². The number of hydrogen-bond acceptors (Lipinski definition) is 6. The highest BCUT2D eigenvalue weighted by atomic mass is 32.2. The molecule has 0 saturated carbocycles. The van der Waals surface area contributed by atoms with Crippen molar-refractivity contribution in [2.24, 2.45) is 0 Å². The normalized spacial score (nSPS) is 18.6. The van der Waals surface area contributed by atoms with Crippen molar-refractivity contribution < 1.29 is 14.1 Å². The molecule has 124 valence electrons. The maximum Gasteiger partial charge on any atom is 0.433 e. The monoisotopic (exact) mass is 345 g/mol. The number of thioether (sulfide) groups is 1. The highest BCUT2D eigenvalue weighted by Gasteiger charge is 2.27. The van der Waals surface area contributed by atoms with Crippen LogP contribution in [0.3, 0.4) is 0 Å². The number of nitrogens with zero attached hydrogens (tertiary/aromatic N) is 1. The first-order valence-electron chi connectivity index (χ1n) is 7.34. The number of amides is 1. The Kier molecular flexibility index (Phi) is 4.57. The standard InChI is InChI=1S/C16H15N3O4S/c1-2-10-3-5-11(6-4-10)17-16-18-15(20)13(24-16)9-12-7-8-14(23-12)19(21)22/h3-9,16-17H,2H2,1H3,(H,18,20)/b13-9-/t16-/m1/s1. The second kappa shape index (κ2) is 6.79. The van der Waals surface area contributed by atoms with Gasteiger partial charge in [-0.15, -0.1) is 0 Å². The van der Waals surface area contributed by atoms with E-state index in [0.717, 1.165) is 12.1 Å². The quantitative estimate of drug-likeness (QED) is 0.490. The van der Waals surface area contributed by atoms with Gasteiger partial charge in [-0.05, 0) is 30.2 Å². The number of carbonyl (C=O) groups is 1. The molecule has 1 aliphatic heterocycles. The van der Waals surface area contributed by atoms with Gasteiger partial charge in [-0.1, -0.05) is 30.8 Å². The van der Waals surface area contributed by atoms with E-state index in [-0.39, 0.29) is 23.0 Å². The third kappa shape index (κ3) is 3.60. The molecule has 1 atom stereocenters. The van der Waals surface area contributed by atoms with Crippen molar-refractivity contribution in [1.29, 1.82) is 0 Å². The van der Waals surface area contributed by atoms with E-state index in [9.17, 15) is 14.9 Å². The van der Waals surface area contributed by atoms with Gasteiger partial charge in [-0.25, -0.2) is 0 Å². The lowest BCUT2D eigenvalue weighted by molar-refractivity contribution is -0.402. The molecule has 0 radical (unpaired) electrons. The molecule has 0 bridgehead atoms. The van der Waals surface area contributed by atoms with E-state index in [1.54, 1.807) is 0 Å². The van der Waals surface area contributed by atoms with Gasteiger partial charge in [0.25, 0.3) is 5.91 Å². The van der Waals surface area contributed by atoms with Crippen LogP contribution in [-0.4, -0.2) is 16.3 Å². The van der Waals surface area contributed by atoms with Crippen molar-refractivity contribution in [2.75, 3.05) is 5.32 Å². The zero-order valence-corrected chi connectivity index (χ0v) is 13.6. The number of carbonyl (C=O) groups excluding carboxylic acids is 1. The number of benzene rings is 1. The zero-order chi connectivity index (χ0) is 17.1. The first kappa shape index (κ1) is 16.1. The molecule has 2 aromatic rings. The molecule has 1 fully saturated rings. The minimum absolute atomic E-state index is 0.248. The van der Waals surface area contributed by atoms with Crippen LogP contribution < -0.4 is 10.6 Å². The van der Waals surface area contributed by atoms with E-state index in [2.05, 4.69) is 17.6 Å². The van der Waals surface area contributed by atoms with E-state index in [1.807, 2.05) is 24.3 Å². The molecular weight excluding hydrogens is 330 g/mol. The molecule has 0 spiro atoms. The fraction of sp³-hybridized carbons (Fsp3) is 0.188. The van der Waals surface area contributed by atoms with E-state index >= 15 is 0 Å². The second-order valence-corrected chi connectivity index (χ2v) is 6.25. The van der Waals surface area contributed by atoms with Crippen LogP contribution in [-0.2, 0) is 11.2 Å². The highest BCUT2D eigenvalue weighted by molar-refractivity contribution is 8.05. The predicted molar refractivity (Wildman–Crippen MR) is 92.3 cm³/mol. The molecular formula is C16H15N3O4S. The van der Waals surface area contributed by atoms with Gasteiger partial charge in [-0.3, -0.25) is 14.9 Å². The van der Waals surface area contributed by atoms with Crippen LogP contribution in [0.5, 0.6) is 0 Å². The summed E-state index contributed by atoms with van der Waals surface area (Å²) in [5.74, 6) is -0.329. The maximum absolute atomic E-state index is 12.0. The van der Waals surface area contributed by atoms with Gasteiger partial charge in [0.15, 0.2) is 5.50 Å². The minimum atomic E-state index is -0.617. The lowest BCUT2D eigenvalue weighted by Crippen LogP contribution is -2.30. The van der Waals surface area contributed by atoms with E-state index in [0.29, 0.717) is 4.91 Å². The zero-order valence-electron chi connectivity index (χ0n) is 12.8. The molecule has 3 rings (SSSR count). The summed E-state index contributed by atoms with van der Waals surface area (Å²) >= 11 is 1.30. The average Bonchev–Trinajstić information content (AvgIpc) is 3.16. The molecule has 2 heterocycles. The highest BCUT2D eigenvalue weighted by Crippen LogP contribution is 2.31. The summed E-state index contributed by atoms with van der Waals surface area (Å²) in [5, 5.41) is 16.6. The Bertz CT molecular complexity index is 798. The van der Waals surface area contributed by atoms with Crippen LogP contribution in [0, 0.1) is 10.1 Å². The Labute approximate surface area is 142 Å². The summed E-state index contributed by atoms with van der Waals surface area (Å²) < 4.78 is 5.05. The summed E-state index contributed by atoms with van der Waals surface area (Å²) in [6, 6.07) is 10.7. The third-order valence-electron chi connectivity index (χ3n) is 3.46. The van der Waals surface area contributed by atoms with E-state index in [1.165, 1.54) is 35.5 Å². The summed E-state index contributed by atoms with van der Waals surface area (Å²) in [6.07, 6.45) is 2.46. The first-order valence-corrected chi connectivity index (χ1v) is 8.22. The fourth-order valence-corrected chi connectivity index (χ4v) is 3.17. The Morgan fingerprint density at radius 1 is 1.33 bits per heavy atom. The average molecular weight is 345 g/mol. The van der Waals surface area contributed by atoms with E-state index in [4.69, 9.17) is 4.42 Å². The lowest BCUT2D eigenvalue weighted by Gasteiger charge is -2.12. The van der Waals surface area contributed by atoms with Crippen molar-refractivity contribution >= 4 is 35.3 Å². The Morgan fingerprint density at radius 2 is 2.08 bits per heavy atom.